The van der Waals surface area contributed by atoms with Gasteiger partial charge >= 0.3 is 6.18 Å². The highest BCUT2D eigenvalue weighted by Gasteiger charge is 2.39. The van der Waals surface area contributed by atoms with Crippen molar-refractivity contribution in [1.82, 2.24) is 15.2 Å². The van der Waals surface area contributed by atoms with Crippen molar-refractivity contribution in [2.24, 2.45) is 0 Å². The SMILES string of the molecule is OC(c1cccc(-c2cc(N3CC(N4CCCC4)C3)c3nonc3c2)c1)C(F)(F)F. The van der Waals surface area contributed by atoms with E-state index in [0.717, 1.165) is 31.9 Å². The number of likely N-dealkylation sites (tertiary alicyclic amines) is 1. The number of hydrogen-bond donors (Lipinski definition) is 1. The lowest BCUT2D eigenvalue weighted by atomic mass is 9.98. The van der Waals surface area contributed by atoms with Gasteiger partial charge in [0, 0.05) is 19.1 Å². The van der Waals surface area contributed by atoms with E-state index in [2.05, 4.69) is 20.1 Å². The number of alkyl halides is 3. The third-order valence-corrected chi connectivity index (χ3v) is 6.05. The van der Waals surface area contributed by atoms with Crippen LogP contribution in [0.3, 0.4) is 0 Å². The summed E-state index contributed by atoms with van der Waals surface area (Å²) in [5, 5.41) is 17.6. The third kappa shape index (κ3) is 3.41. The Morgan fingerprint density at radius 1 is 1.03 bits per heavy atom. The van der Waals surface area contributed by atoms with E-state index in [1.807, 2.05) is 6.07 Å². The predicted octanol–water partition coefficient (Wildman–Crippen LogP) is 3.77. The fourth-order valence-corrected chi connectivity index (χ4v) is 4.35. The lowest BCUT2D eigenvalue weighted by Crippen LogP contribution is -2.58. The normalized spacial score (nSPS) is 19.4. The molecule has 9 heteroatoms. The van der Waals surface area contributed by atoms with E-state index in [0.29, 0.717) is 28.2 Å². The van der Waals surface area contributed by atoms with Gasteiger partial charge in [0.2, 0.25) is 0 Å². The molecule has 3 heterocycles. The van der Waals surface area contributed by atoms with Crippen molar-refractivity contribution in [3.8, 4) is 11.1 Å². The molecule has 2 aromatic carbocycles. The fraction of sp³-hybridized carbons (Fsp3) is 0.429. The van der Waals surface area contributed by atoms with E-state index < -0.39 is 12.3 Å². The third-order valence-electron chi connectivity index (χ3n) is 6.05. The zero-order valence-electron chi connectivity index (χ0n) is 16.1. The first-order chi connectivity index (χ1) is 14.4. The minimum absolute atomic E-state index is 0.196. The number of anilines is 1. The summed E-state index contributed by atoms with van der Waals surface area (Å²) in [6.45, 7) is 4.01. The van der Waals surface area contributed by atoms with Crippen LogP contribution in [-0.4, -0.2) is 58.7 Å². The molecular formula is C21H21F3N4O2. The van der Waals surface area contributed by atoms with Crippen molar-refractivity contribution in [3.05, 3.63) is 42.0 Å². The Morgan fingerprint density at radius 3 is 2.53 bits per heavy atom. The molecule has 158 valence electrons. The maximum Gasteiger partial charge on any atom is 0.418 e. The predicted molar refractivity (Wildman–Crippen MR) is 105 cm³/mol. The monoisotopic (exact) mass is 418 g/mol. The van der Waals surface area contributed by atoms with Crippen molar-refractivity contribution < 1.29 is 22.9 Å². The maximum absolute atomic E-state index is 12.9. The average molecular weight is 418 g/mol. The summed E-state index contributed by atoms with van der Waals surface area (Å²) in [7, 11) is 0. The maximum atomic E-state index is 12.9. The second-order valence-electron chi connectivity index (χ2n) is 8.00. The molecule has 2 saturated heterocycles. The zero-order chi connectivity index (χ0) is 20.9. The minimum atomic E-state index is -4.72. The summed E-state index contributed by atoms with van der Waals surface area (Å²) in [5.41, 5.74) is 3.13. The largest absolute Gasteiger partial charge is 0.418 e. The molecule has 1 unspecified atom stereocenters. The van der Waals surface area contributed by atoms with Crippen molar-refractivity contribution in [1.29, 1.82) is 0 Å². The molecular weight excluding hydrogens is 397 g/mol. The molecule has 30 heavy (non-hydrogen) atoms. The molecule has 1 atom stereocenters. The van der Waals surface area contributed by atoms with Gasteiger partial charge in [-0.05, 0) is 71.1 Å². The number of fused-ring (bicyclic) bond motifs is 1. The van der Waals surface area contributed by atoms with Gasteiger partial charge in [-0.25, -0.2) is 4.63 Å². The van der Waals surface area contributed by atoms with Gasteiger partial charge in [-0.1, -0.05) is 18.2 Å². The Balaban J connectivity index is 1.46. The van der Waals surface area contributed by atoms with E-state index in [4.69, 9.17) is 4.63 Å². The molecule has 0 bridgehead atoms. The van der Waals surface area contributed by atoms with Crippen LogP contribution in [0, 0.1) is 0 Å². The van der Waals surface area contributed by atoms with Gasteiger partial charge in [0.05, 0.1) is 5.69 Å². The van der Waals surface area contributed by atoms with E-state index in [1.165, 1.54) is 31.0 Å². The van der Waals surface area contributed by atoms with Crippen LogP contribution in [0.4, 0.5) is 18.9 Å². The summed E-state index contributed by atoms with van der Waals surface area (Å²) in [5.74, 6) is 0. The molecule has 1 N–H and O–H groups in total. The molecule has 0 spiro atoms. The number of aliphatic hydroxyl groups is 1. The molecule has 3 aromatic rings. The van der Waals surface area contributed by atoms with Gasteiger partial charge in [-0.3, -0.25) is 4.90 Å². The molecule has 1 aromatic heterocycles. The molecule has 2 fully saturated rings. The molecule has 0 aliphatic carbocycles. The highest BCUT2D eigenvalue weighted by atomic mass is 19.4. The van der Waals surface area contributed by atoms with Gasteiger partial charge in [-0.15, -0.1) is 0 Å². The lowest BCUT2D eigenvalue weighted by Gasteiger charge is -2.45. The summed E-state index contributed by atoms with van der Waals surface area (Å²) < 4.78 is 43.7. The Kier molecular flexibility index (Phi) is 4.67. The van der Waals surface area contributed by atoms with Crippen LogP contribution >= 0.6 is 0 Å². The standard InChI is InChI=1S/C21H21F3N4O2/c22-21(23,24)20(29)14-5-3-4-13(8-14)15-9-17-19(26-30-25-17)18(10-15)28-11-16(12-28)27-6-1-2-7-27/h3-5,8-10,16,20,29H,1-2,6-7,11-12H2. The number of nitrogens with zero attached hydrogens (tertiary/aromatic N) is 4. The van der Waals surface area contributed by atoms with Crippen LogP contribution < -0.4 is 4.90 Å². The van der Waals surface area contributed by atoms with Gasteiger partial charge in [0.25, 0.3) is 0 Å². The van der Waals surface area contributed by atoms with Crippen molar-refractivity contribution >= 4 is 16.7 Å². The Morgan fingerprint density at radius 2 is 1.80 bits per heavy atom. The number of benzene rings is 2. The quantitative estimate of drug-likeness (QED) is 0.696. The Hall–Kier alpha value is -2.65. The molecule has 0 amide bonds. The Bertz CT molecular complexity index is 1060. The van der Waals surface area contributed by atoms with Gasteiger partial charge < -0.3 is 10.0 Å². The molecule has 2 aliphatic heterocycles. The highest BCUT2D eigenvalue weighted by molar-refractivity contribution is 5.93. The number of aromatic nitrogens is 2. The summed E-state index contributed by atoms with van der Waals surface area (Å²) in [6, 6.07) is 10.0. The lowest BCUT2D eigenvalue weighted by molar-refractivity contribution is -0.206. The first-order valence-electron chi connectivity index (χ1n) is 10.0. The molecule has 0 saturated carbocycles. The van der Waals surface area contributed by atoms with Crippen molar-refractivity contribution in [2.75, 3.05) is 31.1 Å². The summed E-state index contributed by atoms with van der Waals surface area (Å²) in [6.07, 6.45) is -4.76. The van der Waals surface area contributed by atoms with Crippen LogP contribution in [0.5, 0.6) is 0 Å². The van der Waals surface area contributed by atoms with E-state index in [1.54, 1.807) is 12.1 Å². The first-order valence-corrected chi connectivity index (χ1v) is 10.0. The van der Waals surface area contributed by atoms with Crippen molar-refractivity contribution in [2.45, 2.75) is 31.2 Å². The molecule has 5 rings (SSSR count). The van der Waals surface area contributed by atoms with E-state index in [-0.39, 0.29) is 5.56 Å². The van der Waals surface area contributed by atoms with Crippen LogP contribution in [0.15, 0.2) is 41.0 Å². The average Bonchev–Trinajstić information content (AvgIpc) is 3.37. The second-order valence-corrected chi connectivity index (χ2v) is 8.00. The minimum Gasteiger partial charge on any atom is -0.379 e. The highest BCUT2D eigenvalue weighted by Crippen LogP contribution is 2.37. The Labute approximate surface area is 170 Å². The zero-order valence-corrected chi connectivity index (χ0v) is 16.1. The number of aliphatic hydroxyl groups excluding tert-OH is 1. The molecule has 2 aliphatic rings. The van der Waals surface area contributed by atoms with Crippen LogP contribution in [0.2, 0.25) is 0 Å². The van der Waals surface area contributed by atoms with Gasteiger partial charge in [0.15, 0.2) is 11.6 Å². The van der Waals surface area contributed by atoms with Crippen LogP contribution in [0.25, 0.3) is 22.2 Å². The number of rotatable bonds is 4. The van der Waals surface area contributed by atoms with E-state index >= 15 is 0 Å². The van der Waals surface area contributed by atoms with E-state index in [9.17, 15) is 18.3 Å². The first kappa shape index (κ1) is 19.3. The van der Waals surface area contributed by atoms with Crippen LogP contribution in [-0.2, 0) is 0 Å². The fourth-order valence-electron chi connectivity index (χ4n) is 4.35. The summed E-state index contributed by atoms with van der Waals surface area (Å²) in [4.78, 5) is 4.70. The van der Waals surface area contributed by atoms with Crippen LogP contribution in [0.1, 0.15) is 24.5 Å². The molecule has 0 radical (unpaired) electrons. The molecule has 6 nitrogen and oxygen atoms in total. The summed E-state index contributed by atoms with van der Waals surface area (Å²) >= 11 is 0. The topological polar surface area (TPSA) is 65.6 Å². The second kappa shape index (κ2) is 7.24. The van der Waals surface area contributed by atoms with Crippen molar-refractivity contribution in [3.63, 3.8) is 0 Å². The smallest absolute Gasteiger partial charge is 0.379 e. The number of halogens is 3. The van der Waals surface area contributed by atoms with Gasteiger partial charge in [0.1, 0.15) is 5.52 Å². The van der Waals surface area contributed by atoms with Gasteiger partial charge in [-0.2, -0.15) is 13.2 Å². The number of hydrogen-bond acceptors (Lipinski definition) is 6.